The number of ether oxygens (including phenoxy) is 2. The standard InChI is InChI=1S/C21H38O7S/c1-2-3-4-5-6-7-8-9-10-14-17-27-20(23)21(29(24,25)26)28-19(22)18-15-12-11-13-16-18/h18,21H,2-17H2,1H3,(H,24,25,26). The van der Waals surface area contributed by atoms with Crippen LogP contribution in [-0.4, -0.2) is 37.0 Å². The molecule has 0 bridgehead atoms. The molecule has 1 unspecified atom stereocenters. The molecule has 1 saturated carbocycles. The first-order valence-electron chi connectivity index (χ1n) is 11.2. The molecule has 170 valence electrons. The lowest BCUT2D eigenvalue weighted by atomic mass is 9.89. The lowest BCUT2D eigenvalue weighted by molar-refractivity contribution is -0.165. The average molecular weight is 435 g/mol. The first kappa shape index (κ1) is 25.9. The average Bonchev–Trinajstić information content (AvgIpc) is 2.69. The van der Waals surface area contributed by atoms with Crippen molar-refractivity contribution >= 4 is 22.1 Å². The number of rotatable bonds is 15. The third-order valence-corrected chi connectivity index (χ3v) is 6.20. The van der Waals surface area contributed by atoms with Crippen molar-refractivity contribution in [3.05, 3.63) is 0 Å². The molecule has 29 heavy (non-hydrogen) atoms. The van der Waals surface area contributed by atoms with Gasteiger partial charge >= 0.3 is 27.5 Å². The minimum Gasteiger partial charge on any atom is -0.462 e. The number of carbonyl (C=O) groups excluding carboxylic acids is 2. The van der Waals surface area contributed by atoms with Gasteiger partial charge in [0.15, 0.2) is 0 Å². The molecule has 1 aliphatic rings. The smallest absolute Gasteiger partial charge is 0.366 e. The van der Waals surface area contributed by atoms with Crippen LogP contribution in [0, 0.1) is 5.92 Å². The summed E-state index contributed by atoms with van der Waals surface area (Å²) in [7, 11) is -4.88. The summed E-state index contributed by atoms with van der Waals surface area (Å²) >= 11 is 0. The molecule has 0 aromatic rings. The van der Waals surface area contributed by atoms with Crippen LogP contribution in [-0.2, 0) is 29.2 Å². The Morgan fingerprint density at radius 3 is 1.93 bits per heavy atom. The second-order valence-corrected chi connectivity index (χ2v) is 9.43. The maximum atomic E-state index is 12.1. The highest BCUT2D eigenvalue weighted by Crippen LogP contribution is 2.25. The molecular weight excluding hydrogens is 396 g/mol. The molecule has 1 N–H and O–H groups in total. The van der Waals surface area contributed by atoms with Crippen LogP contribution in [0.3, 0.4) is 0 Å². The third-order valence-electron chi connectivity index (χ3n) is 5.37. The normalized spacial score (nSPS) is 16.3. The van der Waals surface area contributed by atoms with Gasteiger partial charge in [0, 0.05) is 0 Å². The van der Waals surface area contributed by atoms with E-state index in [1.54, 1.807) is 0 Å². The molecular formula is C21H38O7S. The summed E-state index contributed by atoms with van der Waals surface area (Å²) in [6, 6.07) is 0. The second kappa shape index (κ2) is 14.8. The number of hydrogen-bond acceptors (Lipinski definition) is 6. The predicted molar refractivity (Wildman–Crippen MR) is 111 cm³/mol. The predicted octanol–water partition coefficient (Wildman–Crippen LogP) is 4.79. The highest BCUT2D eigenvalue weighted by atomic mass is 32.2. The number of carbonyl (C=O) groups is 2. The Hall–Kier alpha value is -1.15. The molecule has 1 fully saturated rings. The van der Waals surface area contributed by atoms with Gasteiger partial charge in [0.1, 0.15) is 0 Å². The largest absolute Gasteiger partial charge is 0.462 e. The van der Waals surface area contributed by atoms with Gasteiger partial charge in [-0.3, -0.25) is 9.35 Å². The zero-order chi connectivity index (χ0) is 21.5. The Morgan fingerprint density at radius 1 is 0.897 bits per heavy atom. The maximum Gasteiger partial charge on any atom is 0.366 e. The molecule has 0 saturated heterocycles. The van der Waals surface area contributed by atoms with E-state index < -0.39 is 33.4 Å². The van der Waals surface area contributed by atoms with Gasteiger partial charge in [-0.25, -0.2) is 4.79 Å². The van der Waals surface area contributed by atoms with Crippen molar-refractivity contribution < 1.29 is 32.0 Å². The van der Waals surface area contributed by atoms with E-state index in [9.17, 15) is 22.6 Å². The highest BCUT2D eigenvalue weighted by Gasteiger charge is 2.38. The first-order valence-corrected chi connectivity index (χ1v) is 12.7. The number of esters is 2. The Balaban J connectivity index is 2.23. The van der Waals surface area contributed by atoms with E-state index >= 15 is 0 Å². The van der Waals surface area contributed by atoms with Crippen LogP contribution in [0.25, 0.3) is 0 Å². The van der Waals surface area contributed by atoms with Crippen LogP contribution in [0.5, 0.6) is 0 Å². The first-order chi connectivity index (χ1) is 13.9. The molecule has 7 nitrogen and oxygen atoms in total. The van der Waals surface area contributed by atoms with E-state index in [2.05, 4.69) is 6.92 Å². The summed E-state index contributed by atoms with van der Waals surface area (Å²) in [5.74, 6) is -2.42. The number of hydrogen-bond donors (Lipinski definition) is 1. The van der Waals surface area contributed by atoms with Crippen LogP contribution < -0.4 is 0 Å². The maximum absolute atomic E-state index is 12.1. The fourth-order valence-corrected chi connectivity index (χ4v) is 4.13. The molecule has 8 heteroatoms. The summed E-state index contributed by atoms with van der Waals surface area (Å²) in [6.45, 7) is 2.24. The lowest BCUT2D eigenvalue weighted by Gasteiger charge is -2.22. The van der Waals surface area contributed by atoms with Crippen LogP contribution in [0.4, 0.5) is 0 Å². The van der Waals surface area contributed by atoms with Crippen molar-refractivity contribution in [2.45, 2.75) is 109 Å². The Morgan fingerprint density at radius 2 is 1.41 bits per heavy atom. The van der Waals surface area contributed by atoms with Crippen LogP contribution >= 0.6 is 0 Å². The van der Waals surface area contributed by atoms with Crippen molar-refractivity contribution in [3.8, 4) is 0 Å². The summed E-state index contributed by atoms with van der Waals surface area (Å²) < 4.78 is 42.0. The topological polar surface area (TPSA) is 107 Å². The van der Waals surface area contributed by atoms with Crippen molar-refractivity contribution in [1.29, 1.82) is 0 Å². The van der Waals surface area contributed by atoms with Crippen molar-refractivity contribution in [1.82, 2.24) is 0 Å². The van der Waals surface area contributed by atoms with Crippen molar-refractivity contribution in [2.24, 2.45) is 5.92 Å². The molecule has 1 atom stereocenters. The molecule has 0 heterocycles. The van der Waals surface area contributed by atoms with E-state index in [1.807, 2.05) is 0 Å². The SMILES string of the molecule is CCCCCCCCCCCCOC(=O)C(OC(=O)C1CCCCC1)S(=O)(=O)O. The molecule has 1 rings (SSSR count). The number of unbranched alkanes of at least 4 members (excludes halogenated alkanes) is 9. The minimum absolute atomic E-state index is 0.0440. The molecule has 0 radical (unpaired) electrons. The monoisotopic (exact) mass is 434 g/mol. The minimum atomic E-state index is -4.88. The van der Waals surface area contributed by atoms with Crippen molar-refractivity contribution in [3.63, 3.8) is 0 Å². The van der Waals surface area contributed by atoms with E-state index in [4.69, 9.17) is 9.47 Å². The Bertz CT molecular complexity index is 568. The Labute approximate surface area is 175 Å². The summed E-state index contributed by atoms with van der Waals surface area (Å²) in [5, 5.41) is 0. The van der Waals surface area contributed by atoms with Crippen LogP contribution in [0.2, 0.25) is 0 Å². The molecule has 1 aliphatic carbocycles. The van der Waals surface area contributed by atoms with Gasteiger partial charge in [-0.15, -0.1) is 0 Å². The van der Waals surface area contributed by atoms with Gasteiger partial charge in [0.05, 0.1) is 12.5 Å². The third kappa shape index (κ3) is 11.6. The summed E-state index contributed by atoms with van der Waals surface area (Å²) in [4.78, 5) is 24.1. The van der Waals surface area contributed by atoms with Gasteiger partial charge in [-0.2, -0.15) is 8.42 Å². The van der Waals surface area contributed by atoms with Gasteiger partial charge in [-0.1, -0.05) is 84.0 Å². The van der Waals surface area contributed by atoms with E-state index in [0.717, 1.165) is 38.5 Å². The van der Waals surface area contributed by atoms with Gasteiger partial charge in [0.25, 0.3) is 0 Å². The van der Waals surface area contributed by atoms with Crippen LogP contribution in [0.15, 0.2) is 0 Å². The molecule has 0 spiro atoms. The van der Waals surface area contributed by atoms with Gasteiger partial charge in [-0.05, 0) is 19.3 Å². The molecule has 0 aromatic carbocycles. The van der Waals surface area contributed by atoms with Gasteiger partial charge in [0.2, 0.25) is 0 Å². The van der Waals surface area contributed by atoms with Crippen LogP contribution in [0.1, 0.15) is 103 Å². The molecule has 0 amide bonds. The molecule has 0 aromatic heterocycles. The lowest BCUT2D eigenvalue weighted by Crippen LogP contribution is -2.38. The summed E-state index contributed by atoms with van der Waals surface area (Å²) in [6.07, 6.45) is 15.2. The van der Waals surface area contributed by atoms with E-state index in [-0.39, 0.29) is 6.61 Å². The fraction of sp³-hybridized carbons (Fsp3) is 0.905. The zero-order valence-electron chi connectivity index (χ0n) is 17.8. The van der Waals surface area contributed by atoms with E-state index in [0.29, 0.717) is 19.3 Å². The zero-order valence-corrected chi connectivity index (χ0v) is 18.6. The summed E-state index contributed by atoms with van der Waals surface area (Å²) in [5.41, 5.74) is -2.29. The highest BCUT2D eigenvalue weighted by molar-refractivity contribution is 7.87. The Kier molecular flexibility index (Phi) is 13.2. The quantitative estimate of drug-likeness (QED) is 0.224. The molecule has 0 aliphatic heterocycles. The van der Waals surface area contributed by atoms with E-state index in [1.165, 1.54) is 38.5 Å². The van der Waals surface area contributed by atoms with Gasteiger partial charge < -0.3 is 9.47 Å². The van der Waals surface area contributed by atoms with Crippen molar-refractivity contribution in [2.75, 3.05) is 6.61 Å². The fourth-order valence-electron chi connectivity index (χ4n) is 3.60. The second-order valence-electron chi connectivity index (χ2n) is 7.97.